The Morgan fingerprint density at radius 3 is 2.80 bits per heavy atom. The zero-order valence-electron chi connectivity index (χ0n) is 8.66. The van der Waals surface area contributed by atoms with Gasteiger partial charge in [-0.1, -0.05) is 17.7 Å². The second kappa shape index (κ2) is 4.59. The van der Waals surface area contributed by atoms with Crippen LogP contribution in [-0.2, 0) is 15.1 Å². The van der Waals surface area contributed by atoms with E-state index in [1.165, 1.54) is 7.11 Å². The maximum atomic E-state index is 11.1. The minimum atomic E-state index is -0.787. The summed E-state index contributed by atoms with van der Waals surface area (Å²) in [4.78, 5) is 15.0. The molecule has 82 valence electrons. The van der Waals surface area contributed by atoms with Crippen molar-refractivity contribution >= 4 is 17.6 Å². The maximum Gasteiger partial charge on any atom is 0.307 e. The van der Waals surface area contributed by atoms with Crippen LogP contribution in [0.5, 0.6) is 0 Å². The molecule has 2 N–H and O–H groups in total. The number of aromatic nitrogens is 1. The number of carbonyl (C=O) groups is 1. The van der Waals surface area contributed by atoms with E-state index in [0.717, 1.165) is 5.56 Å². The van der Waals surface area contributed by atoms with Gasteiger partial charge in [-0.15, -0.1) is 0 Å². The van der Waals surface area contributed by atoms with Crippen LogP contribution in [-0.4, -0.2) is 18.1 Å². The highest BCUT2D eigenvalue weighted by Crippen LogP contribution is 2.22. The van der Waals surface area contributed by atoms with Gasteiger partial charge < -0.3 is 10.5 Å². The number of esters is 1. The zero-order valence-corrected chi connectivity index (χ0v) is 9.41. The van der Waals surface area contributed by atoms with Crippen LogP contribution >= 0.6 is 11.6 Å². The smallest absolute Gasteiger partial charge is 0.307 e. The van der Waals surface area contributed by atoms with E-state index in [4.69, 9.17) is 17.3 Å². The van der Waals surface area contributed by atoms with Gasteiger partial charge >= 0.3 is 5.97 Å². The van der Waals surface area contributed by atoms with E-state index in [-0.39, 0.29) is 12.4 Å². The summed E-state index contributed by atoms with van der Waals surface area (Å²) in [6.07, 6.45) is 1.66. The normalized spacial score (nSPS) is 14.4. The van der Waals surface area contributed by atoms with Crippen molar-refractivity contribution < 1.29 is 9.53 Å². The Kier molecular flexibility index (Phi) is 3.66. The number of hydrogen-bond donors (Lipinski definition) is 1. The summed E-state index contributed by atoms with van der Waals surface area (Å²) < 4.78 is 4.57. The van der Waals surface area contributed by atoms with Crippen molar-refractivity contribution in [3.05, 3.63) is 29.0 Å². The highest BCUT2D eigenvalue weighted by molar-refractivity contribution is 6.29. The molecule has 1 atom stereocenters. The lowest BCUT2D eigenvalue weighted by atomic mass is 9.91. The SMILES string of the molecule is COC(=O)CC(C)(N)c1ccc(Cl)nc1. The Balaban J connectivity index is 2.85. The summed E-state index contributed by atoms with van der Waals surface area (Å²) in [5.41, 5.74) is 5.94. The van der Waals surface area contributed by atoms with Gasteiger partial charge in [-0.05, 0) is 18.6 Å². The molecular formula is C10H13ClN2O2. The predicted octanol–water partition coefficient (Wildman–Crippen LogP) is 1.47. The summed E-state index contributed by atoms with van der Waals surface area (Å²) in [5.74, 6) is -0.352. The third-order valence-corrected chi connectivity index (χ3v) is 2.35. The first kappa shape index (κ1) is 11.9. The second-order valence-corrected chi connectivity index (χ2v) is 3.93. The Bertz CT molecular complexity index is 349. The van der Waals surface area contributed by atoms with Crippen LogP contribution in [0.4, 0.5) is 0 Å². The first-order valence-electron chi connectivity index (χ1n) is 4.43. The van der Waals surface area contributed by atoms with Crippen LogP contribution in [0.3, 0.4) is 0 Å². The van der Waals surface area contributed by atoms with Crippen molar-refractivity contribution in [2.24, 2.45) is 5.73 Å². The van der Waals surface area contributed by atoms with Gasteiger partial charge in [0.25, 0.3) is 0 Å². The fourth-order valence-corrected chi connectivity index (χ4v) is 1.30. The molecule has 1 heterocycles. The van der Waals surface area contributed by atoms with Crippen LogP contribution in [0.25, 0.3) is 0 Å². The lowest BCUT2D eigenvalue weighted by molar-refractivity contribution is -0.141. The molecule has 1 rings (SSSR count). The topological polar surface area (TPSA) is 65.2 Å². The van der Waals surface area contributed by atoms with Gasteiger partial charge in [0, 0.05) is 6.20 Å². The molecule has 0 radical (unpaired) electrons. The van der Waals surface area contributed by atoms with Crippen molar-refractivity contribution in [3.63, 3.8) is 0 Å². The Hall–Kier alpha value is -1.13. The average Bonchev–Trinajstić information content (AvgIpc) is 2.17. The van der Waals surface area contributed by atoms with E-state index in [9.17, 15) is 4.79 Å². The number of pyridine rings is 1. The highest BCUT2D eigenvalue weighted by Gasteiger charge is 2.25. The molecule has 0 aliphatic carbocycles. The van der Waals surface area contributed by atoms with E-state index >= 15 is 0 Å². The fourth-order valence-electron chi connectivity index (χ4n) is 1.19. The summed E-state index contributed by atoms with van der Waals surface area (Å²) >= 11 is 5.65. The van der Waals surface area contributed by atoms with E-state index < -0.39 is 5.54 Å². The lowest BCUT2D eigenvalue weighted by Crippen LogP contribution is -2.36. The zero-order chi connectivity index (χ0) is 11.5. The molecule has 0 aromatic carbocycles. The molecule has 4 nitrogen and oxygen atoms in total. The molecule has 0 bridgehead atoms. The Morgan fingerprint density at radius 1 is 1.67 bits per heavy atom. The molecular weight excluding hydrogens is 216 g/mol. The van der Waals surface area contributed by atoms with Crippen molar-refractivity contribution in [1.82, 2.24) is 4.98 Å². The van der Waals surface area contributed by atoms with Crippen LogP contribution in [0, 0.1) is 0 Å². The second-order valence-electron chi connectivity index (χ2n) is 3.54. The average molecular weight is 229 g/mol. The van der Waals surface area contributed by atoms with Crippen molar-refractivity contribution in [3.8, 4) is 0 Å². The maximum absolute atomic E-state index is 11.1. The molecule has 0 saturated heterocycles. The fraction of sp³-hybridized carbons (Fsp3) is 0.400. The van der Waals surface area contributed by atoms with Gasteiger partial charge in [0.2, 0.25) is 0 Å². The third kappa shape index (κ3) is 3.18. The molecule has 15 heavy (non-hydrogen) atoms. The number of hydrogen-bond acceptors (Lipinski definition) is 4. The van der Waals surface area contributed by atoms with E-state index in [2.05, 4.69) is 9.72 Å². The molecule has 0 fully saturated rings. The van der Waals surface area contributed by atoms with Gasteiger partial charge in [0.1, 0.15) is 5.15 Å². The Morgan fingerprint density at radius 2 is 2.33 bits per heavy atom. The lowest BCUT2D eigenvalue weighted by Gasteiger charge is -2.23. The molecule has 0 saturated carbocycles. The first-order chi connectivity index (χ1) is 6.95. The Labute approximate surface area is 93.4 Å². The molecule has 0 aliphatic rings. The minimum absolute atomic E-state index is 0.104. The molecule has 0 aliphatic heterocycles. The number of nitrogens with zero attached hydrogens (tertiary/aromatic N) is 1. The van der Waals surface area contributed by atoms with E-state index in [1.807, 2.05) is 0 Å². The monoisotopic (exact) mass is 228 g/mol. The third-order valence-electron chi connectivity index (χ3n) is 2.13. The van der Waals surface area contributed by atoms with Crippen LogP contribution < -0.4 is 5.73 Å². The van der Waals surface area contributed by atoms with Gasteiger partial charge in [-0.3, -0.25) is 4.79 Å². The summed E-state index contributed by atoms with van der Waals surface area (Å²) in [6.45, 7) is 1.74. The number of halogens is 1. The summed E-state index contributed by atoms with van der Waals surface area (Å²) in [5, 5.41) is 0.396. The minimum Gasteiger partial charge on any atom is -0.469 e. The van der Waals surface area contributed by atoms with E-state index in [0.29, 0.717) is 5.15 Å². The molecule has 5 heteroatoms. The molecule has 1 aromatic rings. The van der Waals surface area contributed by atoms with Crippen molar-refractivity contribution in [2.45, 2.75) is 18.9 Å². The standard InChI is InChI=1S/C10H13ClN2O2/c1-10(12,5-9(14)15-2)7-3-4-8(11)13-6-7/h3-4,6H,5,12H2,1-2H3. The number of ether oxygens (including phenoxy) is 1. The van der Waals surface area contributed by atoms with E-state index in [1.54, 1.807) is 25.3 Å². The van der Waals surface area contributed by atoms with Crippen molar-refractivity contribution in [2.75, 3.05) is 7.11 Å². The molecule has 1 aromatic heterocycles. The quantitative estimate of drug-likeness (QED) is 0.629. The van der Waals surface area contributed by atoms with Crippen LogP contribution in [0.2, 0.25) is 5.15 Å². The number of methoxy groups -OCH3 is 1. The number of rotatable bonds is 3. The molecule has 0 amide bonds. The first-order valence-corrected chi connectivity index (χ1v) is 4.81. The van der Waals surface area contributed by atoms with Gasteiger partial charge in [0.15, 0.2) is 0 Å². The number of nitrogens with two attached hydrogens (primary N) is 1. The van der Waals surface area contributed by atoms with Gasteiger partial charge in [-0.25, -0.2) is 4.98 Å². The predicted molar refractivity (Wildman–Crippen MR) is 57.4 cm³/mol. The molecule has 0 spiro atoms. The highest BCUT2D eigenvalue weighted by atomic mass is 35.5. The van der Waals surface area contributed by atoms with Crippen molar-refractivity contribution in [1.29, 1.82) is 0 Å². The van der Waals surface area contributed by atoms with Gasteiger partial charge in [-0.2, -0.15) is 0 Å². The van der Waals surface area contributed by atoms with Gasteiger partial charge in [0.05, 0.1) is 19.1 Å². The van der Waals surface area contributed by atoms with Crippen LogP contribution in [0.15, 0.2) is 18.3 Å². The molecule has 1 unspecified atom stereocenters. The summed E-state index contributed by atoms with van der Waals surface area (Å²) in [7, 11) is 1.33. The summed E-state index contributed by atoms with van der Waals surface area (Å²) in [6, 6.07) is 3.39. The largest absolute Gasteiger partial charge is 0.469 e. The van der Waals surface area contributed by atoms with Crippen LogP contribution in [0.1, 0.15) is 18.9 Å². The number of carbonyl (C=O) groups excluding carboxylic acids is 1.